The Labute approximate surface area is 173 Å². The predicted molar refractivity (Wildman–Crippen MR) is 106 cm³/mol. The van der Waals surface area contributed by atoms with Crippen LogP contribution in [0.3, 0.4) is 0 Å². The molecule has 4 aliphatic rings. The summed E-state index contributed by atoms with van der Waals surface area (Å²) < 4.78 is 28.8. The number of fused-ring (bicyclic) bond motifs is 5. The van der Waals surface area contributed by atoms with Crippen LogP contribution < -0.4 is 9.47 Å². The molecular formula is C23H22O7. The minimum Gasteiger partial charge on any atom is -0.493 e. The average Bonchev–Trinajstić information content (AvgIpc) is 3.08. The van der Waals surface area contributed by atoms with Gasteiger partial charge >= 0.3 is 0 Å². The van der Waals surface area contributed by atoms with Crippen LogP contribution in [0.1, 0.15) is 29.8 Å². The molecule has 0 radical (unpaired) electrons. The first kappa shape index (κ1) is 18.9. The fourth-order valence-electron chi connectivity index (χ4n) is 4.53. The van der Waals surface area contributed by atoms with E-state index < -0.39 is 23.2 Å². The highest BCUT2D eigenvalue weighted by Gasteiger charge is 2.61. The third kappa shape index (κ3) is 2.48. The summed E-state index contributed by atoms with van der Waals surface area (Å²) in [6.45, 7) is 4.02. The van der Waals surface area contributed by atoms with Crippen LogP contribution in [0.2, 0.25) is 0 Å². The second-order valence-corrected chi connectivity index (χ2v) is 8.28. The van der Waals surface area contributed by atoms with Crippen LogP contribution in [0.5, 0.6) is 11.5 Å². The number of ether oxygens (including phenoxy) is 5. The highest BCUT2D eigenvalue weighted by atomic mass is 16.6. The maximum absolute atomic E-state index is 13.6. The lowest BCUT2D eigenvalue weighted by molar-refractivity contribution is -0.131. The van der Waals surface area contributed by atoms with Crippen molar-refractivity contribution in [1.29, 1.82) is 0 Å². The number of Topliss-reactive ketones (excluding diaryl/α,β-unsaturated/α-hetero) is 1. The fourth-order valence-corrected chi connectivity index (χ4v) is 4.53. The van der Waals surface area contributed by atoms with Crippen LogP contribution >= 0.6 is 0 Å². The van der Waals surface area contributed by atoms with E-state index in [9.17, 15) is 9.59 Å². The molecular weight excluding hydrogens is 388 g/mol. The first-order valence-electron chi connectivity index (χ1n) is 9.77. The van der Waals surface area contributed by atoms with Crippen molar-refractivity contribution in [2.75, 3.05) is 20.8 Å². The molecule has 0 saturated carbocycles. The van der Waals surface area contributed by atoms with E-state index in [1.807, 2.05) is 26.0 Å². The smallest absolute Gasteiger partial charge is 0.196 e. The molecule has 0 unspecified atom stereocenters. The van der Waals surface area contributed by atoms with Gasteiger partial charge in [-0.15, -0.1) is 0 Å². The first-order valence-corrected chi connectivity index (χ1v) is 9.77. The molecule has 5 rings (SSSR count). The van der Waals surface area contributed by atoms with E-state index in [4.69, 9.17) is 23.7 Å². The Balaban J connectivity index is 1.59. The van der Waals surface area contributed by atoms with E-state index in [0.29, 0.717) is 28.6 Å². The van der Waals surface area contributed by atoms with Gasteiger partial charge in [0.05, 0.1) is 32.0 Å². The molecule has 7 heteroatoms. The summed E-state index contributed by atoms with van der Waals surface area (Å²) in [5.41, 5.74) is -0.778. The van der Waals surface area contributed by atoms with Crippen molar-refractivity contribution in [3.63, 3.8) is 0 Å². The molecule has 0 bridgehead atoms. The summed E-state index contributed by atoms with van der Waals surface area (Å²) in [5.74, 6) is 0.386. The standard InChI is InChI=1S/C23H22O7/c1-22(2)8-7-12-14(30-22)6-5-13-20(25)19-17(29-21(12)13)11-28-23(19)10-16(27-4)15(26-3)9-18(23)24/h5-10,17,19H,11H2,1-4H3/t17-,19+,23-/m1/s1. The molecule has 0 aromatic heterocycles. The molecule has 0 N–H and O–H groups in total. The van der Waals surface area contributed by atoms with Crippen LogP contribution in [0, 0.1) is 5.92 Å². The van der Waals surface area contributed by atoms with E-state index in [2.05, 4.69) is 0 Å². The van der Waals surface area contributed by atoms with Gasteiger partial charge in [0, 0.05) is 12.2 Å². The predicted octanol–water partition coefficient (Wildman–Crippen LogP) is 2.84. The SMILES string of the molecule is COC1=CC(=O)[C@@]2(C=C1OC)OC[C@H]1Oc3c(ccc4c3C=CC(C)(C)O4)C(=O)[C@H]12. The summed E-state index contributed by atoms with van der Waals surface area (Å²) in [7, 11) is 2.93. The van der Waals surface area contributed by atoms with Gasteiger partial charge in [-0.05, 0) is 38.1 Å². The molecule has 0 amide bonds. The Hall–Kier alpha value is -3.06. The Kier molecular flexibility index (Phi) is 3.92. The van der Waals surface area contributed by atoms with Crippen LogP contribution in [-0.4, -0.2) is 49.7 Å². The van der Waals surface area contributed by atoms with Crippen molar-refractivity contribution in [3.05, 3.63) is 53.0 Å². The molecule has 1 spiro atoms. The molecule has 3 aliphatic heterocycles. The van der Waals surface area contributed by atoms with Gasteiger partial charge in [-0.25, -0.2) is 0 Å². The van der Waals surface area contributed by atoms with Crippen molar-refractivity contribution in [2.45, 2.75) is 31.2 Å². The van der Waals surface area contributed by atoms with Crippen LogP contribution in [-0.2, 0) is 19.0 Å². The summed E-state index contributed by atoms with van der Waals surface area (Å²) in [6, 6.07) is 3.46. The van der Waals surface area contributed by atoms with Gasteiger partial charge in [-0.1, -0.05) is 0 Å². The number of rotatable bonds is 2. The van der Waals surface area contributed by atoms with E-state index in [1.165, 1.54) is 26.4 Å². The fraction of sp³-hybridized carbons (Fsp3) is 0.391. The molecule has 3 heterocycles. The van der Waals surface area contributed by atoms with Crippen molar-refractivity contribution in [2.24, 2.45) is 5.92 Å². The molecule has 7 nitrogen and oxygen atoms in total. The number of benzene rings is 1. The third-order valence-corrected chi connectivity index (χ3v) is 5.99. The van der Waals surface area contributed by atoms with Crippen molar-refractivity contribution < 1.29 is 33.3 Å². The van der Waals surface area contributed by atoms with Gasteiger partial charge in [0.25, 0.3) is 0 Å². The van der Waals surface area contributed by atoms with E-state index in [0.717, 1.165) is 5.56 Å². The second-order valence-electron chi connectivity index (χ2n) is 8.28. The number of ketones is 2. The summed E-state index contributed by atoms with van der Waals surface area (Å²) in [5, 5.41) is 0. The number of hydrogen-bond acceptors (Lipinski definition) is 7. The van der Waals surface area contributed by atoms with Gasteiger partial charge in [0.15, 0.2) is 28.7 Å². The zero-order chi connectivity index (χ0) is 21.3. The Morgan fingerprint density at radius 3 is 2.60 bits per heavy atom. The highest BCUT2D eigenvalue weighted by Crippen LogP contribution is 2.49. The van der Waals surface area contributed by atoms with Gasteiger partial charge in [0.2, 0.25) is 0 Å². The normalized spacial score (nSPS) is 30.4. The quantitative estimate of drug-likeness (QED) is 0.742. The van der Waals surface area contributed by atoms with Crippen LogP contribution in [0.4, 0.5) is 0 Å². The molecule has 1 aromatic carbocycles. The van der Waals surface area contributed by atoms with Gasteiger partial charge < -0.3 is 23.7 Å². The van der Waals surface area contributed by atoms with Gasteiger partial charge in [0.1, 0.15) is 29.1 Å². The Morgan fingerprint density at radius 2 is 1.87 bits per heavy atom. The molecule has 1 saturated heterocycles. The minimum atomic E-state index is -1.48. The lowest BCUT2D eigenvalue weighted by Gasteiger charge is -2.37. The second kappa shape index (κ2) is 6.22. The third-order valence-electron chi connectivity index (χ3n) is 5.99. The van der Waals surface area contributed by atoms with Crippen molar-refractivity contribution in [3.8, 4) is 11.5 Å². The number of methoxy groups -OCH3 is 2. The van der Waals surface area contributed by atoms with Gasteiger partial charge in [-0.3, -0.25) is 9.59 Å². The van der Waals surface area contributed by atoms with E-state index in [-0.39, 0.29) is 18.2 Å². The molecule has 30 heavy (non-hydrogen) atoms. The lowest BCUT2D eigenvalue weighted by Crippen LogP contribution is -2.51. The van der Waals surface area contributed by atoms with Crippen molar-refractivity contribution in [1.82, 2.24) is 0 Å². The topological polar surface area (TPSA) is 80.3 Å². The molecule has 1 fully saturated rings. The molecule has 1 aliphatic carbocycles. The molecule has 156 valence electrons. The first-order chi connectivity index (χ1) is 14.3. The summed E-state index contributed by atoms with van der Waals surface area (Å²) in [6.07, 6.45) is 6.09. The molecule has 3 atom stereocenters. The number of hydrogen-bond donors (Lipinski definition) is 0. The Bertz CT molecular complexity index is 1060. The maximum Gasteiger partial charge on any atom is 0.196 e. The highest BCUT2D eigenvalue weighted by molar-refractivity contribution is 6.11. The van der Waals surface area contributed by atoms with Crippen LogP contribution in [0.15, 0.2) is 41.9 Å². The minimum absolute atomic E-state index is 0.102. The monoisotopic (exact) mass is 410 g/mol. The van der Waals surface area contributed by atoms with Gasteiger partial charge in [-0.2, -0.15) is 0 Å². The Morgan fingerprint density at radius 1 is 1.10 bits per heavy atom. The van der Waals surface area contributed by atoms with E-state index >= 15 is 0 Å². The zero-order valence-corrected chi connectivity index (χ0v) is 17.2. The van der Waals surface area contributed by atoms with E-state index in [1.54, 1.807) is 12.1 Å². The maximum atomic E-state index is 13.6. The number of carbonyl (C=O) groups excluding carboxylic acids is 2. The largest absolute Gasteiger partial charge is 0.493 e. The lowest BCUT2D eigenvalue weighted by atomic mass is 9.74. The molecule has 1 aromatic rings. The van der Waals surface area contributed by atoms with Crippen molar-refractivity contribution >= 4 is 17.6 Å². The summed E-state index contributed by atoms with van der Waals surface area (Å²) >= 11 is 0. The zero-order valence-electron chi connectivity index (χ0n) is 17.2. The van der Waals surface area contributed by atoms with Crippen LogP contribution in [0.25, 0.3) is 6.08 Å². The average molecular weight is 410 g/mol. The number of carbonyl (C=O) groups is 2. The summed E-state index contributed by atoms with van der Waals surface area (Å²) in [4.78, 5) is 26.6.